The largest absolute Gasteiger partial charge is 0.368 e. The molecular weight excluding hydrogens is 426 g/mol. The summed E-state index contributed by atoms with van der Waals surface area (Å²) >= 11 is 0. The lowest BCUT2D eigenvalue weighted by molar-refractivity contribution is 0.718. The van der Waals surface area contributed by atoms with Gasteiger partial charge in [-0.25, -0.2) is 0 Å². The molecule has 0 amide bonds. The second-order valence-electron chi connectivity index (χ2n) is 9.44. The molecule has 1 atom stereocenters. The van der Waals surface area contributed by atoms with Crippen LogP contribution < -0.4 is 5.32 Å². The number of aromatic nitrogens is 2. The fraction of sp³-hybridized carbons (Fsp3) is 0.188. The van der Waals surface area contributed by atoms with Gasteiger partial charge in [0.05, 0.1) is 16.6 Å². The molecule has 3 nitrogen and oxygen atoms in total. The highest BCUT2D eigenvalue weighted by Gasteiger charge is 2.21. The quantitative estimate of drug-likeness (QED) is 0.255. The molecule has 0 bridgehead atoms. The van der Waals surface area contributed by atoms with Crippen molar-refractivity contribution < 1.29 is 0 Å². The van der Waals surface area contributed by atoms with Gasteiger partial charge in [-0.15, -0.1) is 0 Å². The molecule has 2 N–H and O–H groups in total. The van der Waals surface area contributed by atoms with Crippen LogP contribution in [0.15, 0.2) is 91.1 Å². The maximum atomic E-state index is 3.80. The van der Waals surface area contributed by atoms with Gasteiger partial charge in [0.2, 0.25) is 0 Å². The van der Waals surface area contributed by atoms with Gasteiger partial charge >= 0.3 is 0 Å². The monoisotopic (exact) mass is 457 g/mol. The number of dihydropyridines is 1. The van der Waals surface area contributed by atoms with E-state index in [1.54, 1.807) is 0 Å². The molecule has 0 saturated carbocycles. The molecule has 3 heterocycles. The number of hydrogen-bond donors (Lipinski definition) is 2. The van der Waals surface area contributed by atoms with E-state index in [0.29, 0.717) is 5.92 Å². The molecule has 0 spiro atoms. The van der Waals surface area contributed by atoms with Crippen LogP contribution in [-0.4, -0.2) is 16.1 Å². The van der Waals surface area contributed by atoms with Gasteiger partial charge in [0.1, 0.15) is 5.82 Å². The van der Waals surface area contributed by atoms with Gasteiger partial charge in [0, 0.05) is 22.8 Å². The van der Waals surface area contributed by atoms with E-state index >= 15 is 0 Å². The van der Waals surface area contributed by atoms with Crippen molar-refractivity contribution in [1.82, 2.24) is 14.9 Å². The minimum Gasteiger partial charge on any atom is -0.368 e. The van der Waals surface area contributed by atoms with E-state index in [0.717, 1.165) is 18.8 Å². The first kappa shape index (κ1) is 21.5. The molecule has 174 valence electrons. The first-order chi connectivity index (χ1) is 17.2. The third-order valence-electron chi connectivity index (χ3n) is 7.37. The minimum atomic E-state index is 0.487. The van der Waals surface area contributed by atoms with E-state index in [1.165, 1.54) is 54.7 Å². The number of aromatic amines is 1. The number of H-pyrrole nitrogens is 1. The van der Waals surface area contributed by atoms with Crippen LogP contribution in [-0.2, 0) is 0 Å². The van der Waals surface area contributed by atoms with E-state index in [4.69, 9.17) is 0 Å². The Bertz CT molecular complexity index is 1700. The summed E-state index contributed by atoms with van der Waals surface area (Å²) in [5.74, 6) is 1.60. The third-order valence-corrected chi connectivity index (χ3v) is 7.37. The van der Waals surface area contributed by atoms with Crippen LogP contribution in [0.1, 0.15) is 32.8 Å². The van der Waals surface area contributed by atoms with E-state index < -0.39 is 0 Å². The fourth-order valence-electron chi connectivity index (χ4n) is 5.42. The fourth-order valence-corrected chi connectivity index (χ4v) is 5.42. The molecule has 3 heteroatoms. The highest BCUT2D eigenvalue weighted by molar-refractivity contribution is 6.26. The van der Waals surface area contributed by atoms with Crippen molar-refractivity contribution in [3.05, 3.63) is 96.6 Å². The summed E-state index contributed by atoms with van der Waals surface area (Å²) in [6.07, 6.45) is 14.1. The van der Waals surface area contributed by atoms with E-state index in [1.807, 2.05) is 0 Å². The van der Waals surface area contributed by atoms with Crippen molar-refractivity contribution in [2.45, 2.75) is 27.2 Å². The summed E-state index contributed by atoms with van der Waals surface area (Å²) in [6.45, 7) is 7.49. The van der Waals surface area contributed by atoms with Crippen LogP contribution in [0.4, 0.5) is 0 Å². The molecule has 0 fully saturated rings. The van der Waals surface area contributed by atoms with E-state index in [-0.39, 0.29) is 0 Å². The second-order valence-corrected chi connectivity index (χ2v) is 9.44. The Morgan fingerprint density at radius 1 is 1.09 bits per heavy atom. The highest BCUT2D eigenvalue weighted by atomic mass is 15.2. The molecular formula is C32H31N3. The summed E-state index contributed by atoms with van der Waals surface area (Å²) in [6, 6.07) is 20.1. The first-order valence-corrected chi connectivity index (χ1v) is 12.6. The van der Waals surface area contributed by atoms with Gasteiger partial charge < -0.3 is 10.3 Å². The SMILES string of the molecule is C/C=C\C=C(\c1ccc2c(c1)c1[nH]c3ccc4ccccc4c3c1n2C1=CC=CCN1)C(C)CC. The molecule has 1 unspecified atom stereocenters. The van der Waals surface area contributed by atoms with Crippen LogP contribution in [0.3, 0.4) is 0 Å². The Morgan fingerprint density at radius 2 is 1.97 bits per heavy atom. The van der Waals surface area contributed by atoms with Crippen LogP contribution in [0.2, 0.25) is 0 Å². The Labute approximate surface area is 206 Å². The van der Waals surface area contributed by atoms with Crippen LogP contribution in [0.25, 0.3) is 55.0 Å². The minimum absolute atomic E-state index is 0.487. The smallest absolute Gasteiger partial charge is 0.111 e. The first-order valence-electron chi connectivity index (χ1n) is 12.6. The molecule has 1 aliphatic heterocycles. The van der Waals surface area contributed by atoms with Crippen molar-refractivity contribution in [2.24, 2.45) is 5.92 Å². The standard InChI is InChI=1S/C32H31N3/c1-4-6-12-24(21(3)5-2)23-16-18-28-26(20-23)31-32(35(28)29-14-9-10-19-33-29)30-25-13-8-7-11-22(25)15-17-27(30)34-31/h4,6-18,20-21,33-34H,5,19H2,1-3H3/b6-4-,24-12+. The lowest BCUT2D eigenvalue weighted by Crippen LogP contribution is -2.19. The summed E-state index contributed by atoms with van der Waals surface area (Å²) in [7, 11) is 0. The Balaban J connectivity index is 1.74. The highest BCUT2D eigenvalue weighted by Crippen LogP contribution is 2.40. The van der Waals surface area contributed by atoms with Gasteiger partial charge in [-0.05, 0) is 65.4 Å². The predicted octanol–water partition coefficient (Wildman–Crippen LogP) is 8.39. The molecule has 0 saturated heterocycles. The average Bonchev–Trinajstić information content (AvgIpc) is 3.43. The van der Waals surface area contributed by atoms with Gasteiger partial charge in [-0.3, -0.25) is 4.57 Å². The number of benzene rings is 3. The lowest BCUT2D eigenvalue weighted by atomic mass is 9.91. The number of rotatable bonds is 5. The van der Waals surface area contributed by atoms with Crippen molar-refractivity contribution in [3.8, 4) is 0 Å². The summed E-state index contributed by atoms with van der Waals surface area (Å²) < 4.78 is 2.40. The molecule has 6 rings (SSSR count). The van der Waals surface area contributed by atoms with Crippen LogP contribution >= 0.6 is 0 Å². The topological polar surface area (TPSA) is 32.8 Å². The second kappa shape index (κ2) is 8.66. The Hall–Kier alpha value is -3.98. The lowest BCUT2D eigenvalue weighted by Gasteiger charge is -2.17. The van der Waals surface area contributed by atoms with Crippen molar-refractivity contribution in [2.75, 3.05) is 6.54 Å². The predicted molar refractivity (Wildman–Crippen MR) is 152 cm³/mol. The molecule has 5 aromatic rings. The van der Waals surface area contributed by atoms with Crippen molar-refractivity contribution >= 4 is 55.0 Å². The Kier molecular flexibility index (Phi) is 5.33. The maximum Gasteiger partial charge on any atom is 0.111 e. The summed E-state index contributed by atoms with van der Waals surface area (Å²) in [5, 5.41) is 8.68. The zero-order valence-corrected chi connectivity index (χ0v) is 20.6. The molecule has 35 heavy (non-hydrogen) atoms. The number of nitrogens with one attached hydrogen (secondary N) is 2. The average molecular weight is 458 g/mol. The zero-order chi connectivity index (χ0) is 23.9. The van der Waals surface area contributed by atoms with Crippen LogP contribution in [0, 0.1) is 5.92 Å². The van der Waals surface area contributed by atoms with E-state index in [2.05, 4.69) is 127 Å². The summed E-state index contributed by atoms with van der Waals surface area (Å²) in [4.78, 5) is 3.80. The van der Waals surface area contributed by atoms with Crippen molar-refractivity contribution in [1.29, 1.82) is 0 Å². The number of allylic oxidation sites excluding steroid dienone is 6. The zero-order valence-electron chi connectivity index (χ0n) is 20.6. The van der Waals surface area contributed by atoms with Gasteiger partial charge in [0.15, 0.2) is 0 Å². The third kappa shape index (κ3) is 3.42. The number of nitrogens with zero attached hydrogens (tertiary/aromatic N) is 1. The van der Waals surface area contributed by atoms with Gasteiger partial charge in [-0.1, -0.05) is 80.6 Å². The summed E-state index contributed by atoms with van der Waals surface area (Å²) in [5.41, 5.74) is 7.49. The number of hydrogen-bond acceptors (Lipinski definition) is 1. The molecule has 0 aliphatic carbocycles. The normalized spacial score (nSPS) is 15.5. The maximum absolute atomic E-state index is 3.80. The van der Waals surface area contributed by atoms with Crippen LogP contribution in [0.5, 0.6) is 0 Å². The molecule has 2 aromatic heterocycles. The van der Waals surface area contributed by atoms with Crippen molar-refractivity contribution in [3.63, 3.8) is 0 Å². The molecule has 0 radical (unpaired) electrons. The van der Waals surface area contributed by atoms with Gasteiger partial charge in [0.25, 0.3) is 0 Å². The molecule has 3 aromatic carbocycles. The number of fused-ring (bicyclic) bond motifs is 7. The Morgan fingerprint density at radius 3 is 2.77 bits per heavy atom. The van der Waals surface area contributed by atoms with Gasteiger partial charge in [-0.2, -0.15) is 0 Å². The molecule has 1 aliphatic rings. The van der Waals surface area contributed by atoms with E-state index in [9.17, 15) is 0 Å².